The molecule has 1 aliphatic rings. The van der Waals surface area contributed by atoms with Crippen LogP contribution < -0.4 is 10.2 Å². The second-order valence-corrected chi connectivity index (χ2v) is 7.71. The minimum atomic E-state index is -4.76. The number of nitrogens with zero attached hydrogens (tertiary/aromatic N) is 4. The summed E-state index contributed by atoms with van der Waals surface area (Å²) >= 11 is 0. The predicted octanol–water partition coefficient (Wildman–Crippen LogP) is 3.52. The van der Waals surface area contributed by atoms with Crippen molar-refractivity contribution >= 4 is 17.6 Å². The number of nitrogens with one attached hydrogen (secondary N) is 1. The molecule has 3 rings (SSSR count). The van der Waals surface area contributed by atoms with E-state index in [9.17, 15) is 27.2 Å². The van der Waals surface area contributed by atoms with Crippen LogP contribution in [0.5, 0.6) is 0 Å². The van der Waals surface area contributed by atoms with E-state index >= 15 is 0 Å². The van der Waals surface area contributed by atoms with Crippen LogP contribution >= 0.6 is 0 Å². The Morgan fingerprint density at radius 2 is 1.76 bits per heavy atom. The van der Waals surface area contributed by atoms with Gasteiger partial charge in [-0.2, -0.15) is 13.2 Å². The number of benzene rings is 1. The Morgan fingerprint density at radius 3 is 2.36 bits per heavy atom. The van der Waals surface area contributed by atoms with Crippen molar-refractivity contribution in [2.24, 2.45) is 0 Å². The Labute approximate surface area is 188 Å². The van der Waals surface area contributed by atoms with Crippen LogP contribution in [0.15, 0.2) is 30.3 Å². The molecule has 11 heteroatoms. The normalized spacial score (nSPS) is 14.3. The second kappa shape index (κ2) is 10.6. The number of aromatic nitrogens is 2. The summed E-state index contributed by atoms with van der Waals surface area (Å²) in [6.07, 6.45) is -1.80. The monoisotopic (exact) mass is 467 g/mol. The fourth-order valence-electron chi connectivity index (χ4n) is 3.53. The minimum absolute atomic E-state index is 0.133. The molecule has 2 amide bonds. The van der Waals surface area contributed by atoms with Crippen molar-refractivity contribution in [1.82, 2.24) is 20.4 Å². The first-order valence-electron chi connectivity index (χ1n) is 10.7. The molecule has 0 atom stereocenters. The second-order valence-electron chi connectivity index (χ2n) is 7.71. The Kier molecular flexibility index (Phi) is 7.83. The first-order valence-corrected chi connectivity index (χ1v) is 10.7. The lowest BCUT2D eigenvalue weighted by molar-refractivity contribution is -0.138. The number of hydrogen-bond donors (Lipinski definition) is 1. The molecule has 7 nitrogen and oxygen atoms in total. The molecular formula is C22H25F4N5O2. The molecule has 1 aromatic heterocycles. The highest BCUT2D eigenvalue weighted by Gasteiger charge is 2.37. The third-order valence-electron chi connectivity index (χ3n) is 5.36. The van der Waals surface area contributed by atoms with Crippen molar-refractivity contribution in [1.29, 1.82) is 0 Å². The summed E-state index contributed by atoms with van der Waals surface area (Å²) < 4.78 is 53.3. The van der Waals surface area contributed by atoms with E-state index in [2.05, 4.69) is 22.4 Å². The first kappa shape index (κ1) is 24.4. The molecule has 0 spiro atoms. The lowest BCUT2D eigenvalue weighted by Gasteiger charge is -2.35. The summed E-state index contributed by atoms with van der Waals surface area (Å²) in [6, 6.07) is 5.08. The van der Waals surface area contributed by atoms with Crippen LogP contribution in [0.4, 0.5) is 23.4 Å². The molecule has 2 aromatic rings. The number of rotatable bonds is 7. The molecule has 1 aliphatic heterocycles. The average Bonchev–Trinajstić information content (AvgIpc) is 2.80. The fraction of sp³-hybridized carbons (Fsp3) is 0.455. The lowest BCUT2D eigenvalue weighted by Crippen LogP contribution is -2.49. The average molecular weight is 467 g/mol. The molecule has 1 saturated heterocycles. The number of hydrogen-bond acceptors (Lipinski definition) is 5. The third kappa shape index (κ3) is 6.17. The number of carbonyl (C=O) groups is 2. The van der Waals surface area contributed by atoms with Gasteiger partial charge in [-0.3, -0.25) is 9.59 Å². The van der Waals surface area contributed by atoms with Gasteiger partial charge in [0.15, 0.2) is 11.5 Å². The van der Waals surface area contributed by atoms with Gasteiger partial charge < -0.3 is 15.1 Å². The van der Waals surface area contributed by atoms with E-state index in [0.717, 1.165) is 19.3 Å². The lowest BCUT2D eigenvalue weighted by atomic mass is 10.0. The molecule has 33 heavy (non-hydrogen) atoms. The van der Waals surface area contributed by atoms with E-state index in [4.69, 9.17) is 0 Å². The van der Waals surface area contributed by atoms with Crippen LogP contribution in [0.3, 0.4) is 0 Å². The zero-order valence-electron chi connectivity index (χ0n) is 18.2. The largest absolute Gasteiger partial charge is 0.417 e. The molecule has 1 fully saturated rings. The summed E-state index contributed by atoms with van der Waals surface area (Å²) in [5, 5.41) is 10.8. The fourth-order valence-corrected chi connectivity index (χ4v) is 3.53. The molecule has 0 aliphatic carbocycles. The van der Waals surface area contributed by atoms with E-state index in [1.807, 2.05) is 4.90 Å². The molecule has 0 unspecified atom stereocenters. The Balaban J connectivity index is 1.60. The maximum absolute atomic E-state index is 13.5. The van der Waals surface area contributed by atoms with Gasteiger partial charge in [-0.1, -0.05) is 19.8 Å². The SMILES string of the molecule is CCCCCNC(=O)c1ccc(N2CCN(C(=O)c3cc(F)ccc3C(F)(F)F)CC2)nn1. The molecule has 0 saturated carbocycles. The summed E-state index contributed by atoms with van der Waals surface area (Å²) in [5.74, 6) is -1.60. The van der Waals surface area contributed by atoms with E-state index < -0.39 is 29.0 Å². The zero-order valence-corrected chi connectivity index (χ0v) is 18.2. The summed E-state index contributed by atoms with van der Waals surface area (Å²) in [5.41, 5.74) is -1.68. The van der Waals surface area contributed by atoms with Crippen LogP contribution in [-0.4, -0.2) is 59.6 Å². The first-order chi connectivity index (χ1) is 15.7. The van der Waals surface area contributed by atoms with Crippen LogP contribution in [0.2, 0.25) is 0 Å². The topological polar surface area (TPSA) is 78.4 Å². The van der Waals surface area contributed by atoms with Gasteiger partial charge in [0.1, 0.15) is 5.82 Å². The molecule has 0 radical (unpaired) electrons. The van der Waals surface area contributed by atoms with Crippen molar-refractivity contribution < 1.29 is 27.2 Å². The Bertz CT molecular complexity index is 974. The van der Waals surface area contributed by atoms with Gasteiger partial charge in [0.05, 0.1) is 11.1 Å². The number of piperazine rings is 1. The smallest absolute Gasteiger partial charge is 0.352 e. The Hall–Kier alpha value is -3.24. The number of unbranched alkanes of at least 4 members (excludes halogenated alkanes) is 2. The molecule has 178 valence electrons. The molecule has 1 aromatic carbocycles. The van der Waals surface area contributed by atoms with Crippen molar-refractivity contribution in [3.05, 3.63) is 53.0 Å². The van der Waals surface area contributed by atoms with Crippen molar-refractivity contribution in [3.8, 4) is 0 Å². The summed E-state index contributed by atoms with van der Waals surface area (Å²) in [4.78, 5) is 27.8. The van der Waals surface area contributed by atoms with Crippen LogP contribution in [0, 0.1) is 5.82 Å². The molecule has 0 bridgehead atoms. The van der Waals surface area contributed by atoms with Gasteiger partial charge >= 0.3 is 6.18 Å². The van der Waals surface area contributed by atoms with Gasteiger partial charge in [-0.05, 0) is 36.8 Å². The highest BCUT2D eigenvalue weighted by molar-refractivity contribution is 5.96. The van der Waals surface area contributed by atoms with Gasteiger partial charge in [0.25, 0.3) is 11.8 Å². The number of halogens is 4. The predicted molar refractivity (Wildman–Crippen MR) is 113 cm³/mol. The molecule has 1 N–H and O–H groups in total. The number of anilines is 1. The Morgan fingerprint density at radius 1 is 1.03 bits per heavy atom. The molecule has 2 heterocycles. The van der Waals surface area contributed by atoms with E-state index in [0.29, 0.717) is 43.7 Å². The molecular weight excluding hydrogens is 442 g/mol. The van der Waals surface area contributed by atoms with Gasteiger partial charge in [0.2, 0.25) is 0 Å². The standard InChI is InChI=1S/C22H25F4N5O2/c1-2-3-4-9-27-20(32)18-7-8-19(29-28-18)30-10-12-31(13-11-30)21(33)16-14-15(23)5-6-17(16)22(24,25)26/h5-8,14H,2-4,9-13H2,1H3,(H,27,32). The van der Waals surface area contributed by atoms with Crippen molar-refractivity contribution in [2.45, 2.75) is 32.4 Å². The third-order valence-corrected chi connectivity index (χ3v) is 5.36. The van der Waals surface area contributed by atoms with Gasteiger partial charge in [0, 0.05) is 32.7 Å². The number of carbonyl (C=O) groups excluding carboxylic acids is 2. The van der Waals surface area contributed by atoms with Crippen LogP contribution in [0.25, 0.3) is 0 Å². The quantitative estimate of drug-likeness (QED) is 0.498. The van der Waals surface area contributed by atoms with E-state index in [-0.39, 0.29) is 24.7 Å². The maximum Gasteiger partial charge on any atom is 0.417 e. The van der Waals surface area contributed by atoms with Gasteiger partial charge in [-0.25, -0.2) is 4.39 Å². The van der Waals surface area contributed by atoms with Crippen LogP contribution in [0.1, 0.15) is 52.6 Å². The minimum Gasteiger partial charge on any atom is -0.352 e. The van der Waals surface area contributed by atoms with Crippen LogP contribution in [-0.2, 0) is 6.18 Å². The summed E-state index contributed by atoms with van der Waals surface area (Å²) in [6.45, 7) is 3.51. The highest BCUT2D eigenvalue weighted by atomic mass is 19.4. The highest BCUT2D eigenvalue weighted by Crippen LogP contribution is 2.33. The van der Waals surface area contributed by atoms with E-state index in [1.165, 1.54) is 4.90 Å². The maximum atomic E-state index is 13.5. The van der Waals surface area contributed by atoms with Gasteiger partial charge in [-0.15, -0.1) is 10.2 Å². The van der Waals surface area contributed by atoms with Crippen molar-refractivity contribution in [2.75, 3.05) is 37.6 Å². The zero-order chi connectivity index (χ0) is 24.0. The summed E-state index contributed by atoms with van der Waals surface area (Å²) in [7, 11) is 0. The number of amides is 2. The van der Waals surface area contributed by atoms with Crippen molar-refractivity contribution in [3.63, 3.8) is 0 Å². The number of alkyl halides is 3. The van der Waals surface area contributed by atoms with E-state index in [1.54, 1.807) is 12.1 Å².